The van der Waals surface area contributed by atoms with E-state index in [1.54, 1.807) is 17.9 Å². The van der Waals surface area contributed by atoms with Crippen LogP contribution in [0, 0.1) is 0 Å². The average molecular weight is 347 g/mol. The summed E-state index contributed by atoms with van der Waals surface area (Å²) >= 11 is 13.1. The van der Waals surface area contributed by atoms with Crippen molar-refractivity contribution in [2.75, 3.05) is 19.0 Å². The van der Waals surface area contributed by atoms with E-state index in [1.165, 1.54) is 23.9 Å². The van der Waals surface area contributed by atoms with Crippen LogP contribution in [0.5, 0.6) is 0 Å². The van der Waals surface area contributed by atoms with Gasteiger partial charge in [0.2, 0.25) is 0 Å². The van der Waals surface area contributed by atoms with E-state index < -0.39 is 5.91 Å². The van der Waals surface area contributed by atoms with Gasteiger partial charge < -0.3 is 9.64 Å². The Hall–Kier alpha value is -1.24. The minimum atomic E-state index is -0.465. The van der Waals surface area contributed by atoms with Crippen LogP contribution in [0.25, 0.3) is 0 Å². The number of carbonyl (C=O) groups excluding carboxylic acids is 2. The molecule has 21 heavy (non-hydrogen) atoms. The first kappa shape index (κ1) is 16.1. The number of nitrogens with zero attached hydrogens (tertiary/aromatic N) is 2. The highest BCUT2D eigenvalue weighted by atomic mass is 35.5. The lowest BCUT2D eigenvalue weighted by Crippen LogP contribution is -2.42. The Labute approximate surface area is 136 Å². The van der Waals surface area contributed by atoms with Gasteiger partial charge in [-0.05, 0) is 25.1 Å². The van der Waals surface area contributed by atoms with Crippen LogP contribution >= 0.6 is 35.0 Å². The highest BCUT2D eigenvalue weighted by Gasteiger charge is 2.27. The largest absolute Gasteiger partial charge is 0.465 e. The van der Waals surface area contributed by atoms with Gasteiger partial charge in [-0.1, -0.05) is 35.0 Å². The number of halogens is 2. The smallest absolute Gasteiger partial charge is 0.325 e. The Kier molecular flexibility index (Phi) is 5.50. The predicted molar refractivity (Wildman–Crippen MR) is 84.0 cm³/mol. The van der Waals surface area contributed by atoms with Crippen molar-refractivity contribution in [3.63, 3.8) is 0 Å². The van der Waals surface area contributed by atoms with E-state index in [0.717, 1.165) is 0 Å². The number of benzene rings is 1. The second-order valence-corrected chi connectivity index (χ2v) is 5.86. The molecule has 0 aromatic heterocycles. The van der Waals surface area contributed by atoms with E-state index in [4.69, 9.17) is 27.9 Å². The Bertz CT molecular complexity index is 607. The first-order valence-corrected chi connectivity index (χ1v) is 7.87. The molecule has 1 aliphatic rings. The van der Waals surface area contributed by atoms with Gasteiger partial charge in [0.25, 0.3) is 5.91 Å². The third-order valence-electron chi connectivity index (χ3n) is 2.60. The third-order valence-corrected chi connectivity index (χ3v) is 4.20. The monoisotopic (exact) mass is 346 g/mol. The van der Waals surface area contributed by atoms with Crippen molar-refractivity contribution in [2.45, 2.75) is 6.92 Å². The zero-order valence-electron chi connectivity index (χ0n) is 11.1. The number of thioether (sulfide) groups is 1. The number of hydrogen-bond acceptors (Lipinski definition) is 4. The summed E-state index contributed by atoms with van der Waals surface area (Å²) in [7, 11) is 0. The maximum Gasteiger partial charge on any atom is 0.325 e. The van der Waals surface area contributed by atoms with Crippen LogP contribution in [0.3, 0.4) is 0 Å². The van der Waals surface area contributed by atoms with Gasteiger partial charge in [-0.2, -0.15) is 4.99 Å². The summed E-state index contributed by atoms with van der Waals surface area (Å²) < 4.78 is 4.85. The number of amidine groups is 1. The van der Waals surface area contributed by atoms with Crippen LogP contribution in [-0.2, 0) is 9.53 Å². The summed E-state index contributed by atoms with van der Waals surface area (Å²) in [6.45, 7) is 2.15. The Morgan fingerprint density at radius 1 is 1.43 bits per heavy atom. The first-order chi connectivity index (χ1) is 10.0. The lowest BCUT2D eigenvalue weighted by atomic mass is 10.2. The molecule has 0 saturated carbocycles. The van der Waals surface area contributed by atoms with Gasteiger partial charge in [0.15, 0.2) is 5.17 Å². The number of aliphatic imine (C=N–C) groups is 1. The molecule has 1 fully saturated rings. The fraction of sp³-hybridized carbons (Fsp3) is 0.308. The number of esters is 1. The second kappa shape index (κ2) is 7.15. The number of amides is 1. The quantitative estimate of drug-likeness (QED) is 0.784. The van der Waals surface area contributed by atoms with Crippen molar-refractivity contribution < 1.29 is 14.3 Å². The lowest BCUT2D eigenvalue weighted by molar-refractivity contribution is -0.143. The van der Waals surface area contributed by atoms with Gasteiger partial charge in [-0.15, -0.1) is 0 Å². The molecule has 1 aromatic rings. The molecule has 8 heteroatoms. The molecule has 0 atom stereocenters. The molecule has 0 unspecified atom stereocenters. The molecular formula is C13H12Cl2N2O3S. The van der Waals surface area contributed by atoms with E-state index >= 15 is 0 Å². The van der Waals surface area contributed by atoms with Crippen LogP contribution in [0.2, 0.25) is 10.0 Å². The first-order valence-electron chi connectivity index (χ1n) is 6.12. The van der Waals surface area contributed by atoms with Gasteiger partial charge in [-0.25, -0.2) is 0 Å². The van der Waals surface area contributed by atoms with Gasteiger partial charge in [-0.3, -0.25) is 9.59 Å². The van der Waals surface area contributed by atoms with Crippen LogP contribution in [0.15, 0.2) is 23.2 Å². The topological polar surface area (TPSA) is 59.0 Å². The Morgan fingerprint density at radius 3 is 2.76 bits per heavy atom. The maximum atomic E-state index is 12.1. The fourth-order valence-corrected chi connectivity index (χ4v) is 2.82. The molecule has 1 aromatic carbocycles. The molecule has 1 heterocycles. The minimum Gasteiger partial charge on any atom is -0.465 e. The molecule has 1 saturated heterocycles. The van der Waals surface area contributed by atoms with E-state index in [0.29, 0.717) is 22.7 Å². The molecule has 5 nitrogen and oxygen atoms in total. The molecule has 2 rings (SSSR count). The minimum absolute atomic E-state index is 0.0846. The van der Waals surface area contributed by atoms with Crippen LogP contribution in [0.1, 0.15) is 17.3 Å². The normalized spacial score (nSPS) is 15.8. The Morgan fingerprint density at radius 2 is 2.19 bits per heavy atom. The predicted octanol–water partition coefficient (Wildman–Crippen LogP) is 3.06. The standard InChI is InChI=1S/C13H12Cl2N2O3S/c1-2-20-11(18)6-17-7-21-13(17)16-12(19)9-4-3-8(14)5-10(9)15/h3-5H,2,6-7H2,1H3. The van der Waals surface area contributed by atoms with Crippen molar-refractivity contribution in [2.24, 2.45) is 4.99 Å². The summed E-state index contributed by atoms with van der Waals surface area (Å²) in [6.07, 6.45) is 0. The van der Waals surface area contributed by atoms with Gasteiger partial charge in [0.05, 0.1) is 23.1 Å². The second-order valence-electron chi connectivity index (χ2n) is 4.10. The Balaban J connectivity index is 2.05. The molecule has 0 spiro atoms. The number of ether oxygens (including phenoxy) is 1. The van der Waals surface area contributed by atoms with Crippen LogP contribution in [0.4, 0.5) is 0 Å². The van der Waals surface area contributed by atoms with E-state index in [-0.39, 0.29) is 23.1 Å². The average Bonchev–Trinajstić information content (AvgIpc) is 2.41. The molecule has 112 valence electrons. The summed E-state index contributed by atoms with van der Waals surface area (Å²) in [5.41, 5.74) is 0.275. The number of hydrogen-bond donors (Lipinski definition) is 0. The van der Waals surface area contributed by atoms with Crippen molar-refractivity contribution in [1.82, 2.24) is 4.90 Å². The number of rotatable bonds is 4. The van der Waals surface area contributed by atoms with Crippen molar-refractivity contribution in [3.05, 3.63) is 33.8 Å². The molecule has 0 N–H and O–H groups in total. The SMILES string of the molecule is CCOC(=O)CN1CSC1=NC(=O)c1ccc(Cl)cc1Cl. The molecular weight excluding hydrogens is 335 g/mol. The molecule has 0 bridgehead atoms. The van der Waals surface area contributed by atoms with Crippen LogP contribution in [-0.4, -0.2) is 41.0 Å². The molecule has 0 aliphatic carbocycles. The van der Waals surface area contributed by atoms with Gasteiger partial charge in [0.1, 0.15) is 6.54 Å². The highest BCUT2D eigenvalue weighted by molar-refractivity contribution is 8.15. The summed E-state index contributed by atoms with van der Waals surface area (Å²) in [5, 5.41) is 1.18. The van der Waals surface area contributed by atoms with Gasteiger partial charge >= 0.3 is 5.97 Å². The summed E-state index contributed by atoms with van der Waals surface area (Å²) in [6, 6.07) is 4.59. The maximum absolute atomic E-state index is 12.1. The van der Waals surface area contributed by atoms with E-state index in [9.17, 15) is 9.59 Å². The van der Waals surface area contributed by atoms with Crippen molar-refractivity contribution >= 4 is 52.0 Å². The summed E-state index contributed by atoms with van der Waals surface area (Å²) in [5.74, 6) is -0.213. The van der Waals surface area contributed by atoms with Crippen molar-refractivity contribution in [3.8, 4) is 0 Å². The lowest BCUT2D eigenvalue weighted by Gasteiger charge is -2.32. The molecule has 0 radical (unpaired) electrons. The molecule has 1 amide bonds. The fourth-order valence-electron chi connectivity index (χ4n) is 1.60. The van der Waals surface area contributed by atoms with E-state index in [2.05, 4.69) is 4.99 Å². The van der Waals surface area contributed by atoms with Crippen LogP contribution < -0.4 is 0 Å². The highest BCUT2D eigenvalue weighted by Crippen LogP contribution is 2.26. The zero-order valence-corrected chi connectivity index (χ0v) is 13.5. The van der Waals surface area contributed by atoms with Gasteiger partial charge in [0, 0.05) is 5.02 Å². The zero-order chi connectivity index (χ0) is 15.4. The number of carbonyl (C=O) groups is 2. The van der Waals surface area contributed by atoms with E-state index in [1.807, 2.05) is 0 Å². The molecule has 1 aliphatic heterocycles. The van der Waals surface area contributed by atoms with Crippen molar-refractivity contribution in [1.29, 1.82) is 0 Å². The summed E-state index contributed by atoms with van der Waals surface area (Å²) in [4.78, 5) is 29.1. The third kappa shape index (κ3) is 4.12.